The number of nitrogens with zero attached hydrogens (tertiary/aromatic N) is 1. The van der Waals surface area contributed by atoms with Gasteiger partial charge < -0.3 is 10.2 Å². The van der Waals surface area contributed by atoms with Crippen LogP contribution in [0.3, 0.4) is 0 Å². The fourth-order valence-corrected chi connectivity index (χ4v) is 3.95. The van der Waals surface area contributed by atoms with Crippen LogP contribution in [0, 0.1) is 17.8 Å². The van der Waals surface area contributed by atoms with Crippen molar-refractivity contribution in [2.24, 2.45) is 17.8 Å². The summed E-state index contributed by atoms with van der Waals surface area (Å²) >= 11 is 0. The van der Waals surface area contributed by atoms with Crippen LogP contribution in [-0.2, 0) is 4.79 Å². The Kier molecular flexibility index (Phi) is 5.91. The third-order valence-electron chi connectivity index (χ3n) is 5.23. The summed E-state index contributed by atoms with van der Waals surface area (Å²) in [6.45, 7) is 4.39. The number of amides is 1. The fraction of sp³-hybridized carbons (Fsp3) is 0.812. The molecule has 1 N–H and O–H groups in total. The van der Waals surface area contributed by atoms with Crippen molar-refractivity contribution >= 4 is 18.3 Å². The molecule has 0 radical (unpaired) electrons. The number of rotatable bonds is 2. The van der Waals surface area contributed by atoms with E-state index in [0.29, 0.717) is 5.91 Å². The Bertz CT molecular complexity index is 344. The molecule has 0 aromatic rings. The molecule has 2 aliphatic heterocycles. The second-order valence-corrected chi connectivity index (χ2v) is 6.40. The third kappa shape index (κ3) is 3.56. The predicted molar refractivity (Wildman–Crippen MR) is 84.0 cm³/mol. The first kappa shape index (κ1) is 15.8. The summed E-state index contributed by atoms with van der Waals surface area (Å²) in [5, 5.41) is 3.47. The summed E-state index contributed by atoms with van der Waals surface area (Å²) in [7, 11) is 0. The highest BCUT2D eigenvalue weighted by atomic mass is 35.5. The molecule has 0 bridgehead atoms. The SMILES string of the molecule is Cl.O=C(C1CC=CCC1)N1CCC(C2CCNC2)CC1. The van der Waals surface area contributed by atoms with E-state index in [0.717, 1.165) is 44.2 Å². The Morgan fingerprint density at radius 3 is 2.45 bits per heavy atom. The lowest BCUT2D eigenvalue weighted by Gasteiger charge is -2.36. The fourth-order valence-electron chi connectivity index (χ4n) is 3.95. The van der Waals surface area contributed by atoms with Crippen molar-refractivity contribution in [1.82, 2.24) is 10.2 Å². The van der Waals surface area contributed by atoms with E-state index in [1.165, 1.54) is 32.4 Å². The standard InChI is InChI=1S/C16H26N2O.ClH/c19-16(14-4-2-1-3-5-14)18-10-7-13(8-11-18)15-6-9-17-12-15;/h1-2,13-15,17H,3-12H2;1H. The predicted octanol–water partition coefficient (Wildman–Crippen LogP) is 2.61. The molecule has 3 rings (SSSR count). The number of allylic oxidation sites excluding steroid dienone is 2. The average molecular weight is 299 g/mol. The highest BCUT2D eigenvalue weighted by Gasteiger charge is 2.32. The number of nitrogens with one attached hydrogen (secondary N) is 1. The van der Waals surface area contributed by atoms with Gasteiger partial charge >= 0.3 is 0 Å². The summed E-state index contributed by atoms with van der Waals surface area (Å²) in [6.07, 6.45) is 11.3. The Morgan fingerprint density at radius 1 is 1.05 bits per heavy atom. The molecule has 3 nitrogen and oxygen atoms in total. The van der Waals surface area contributed by atoms with Crippen molar-refractivity contribution < 1.29 is 4.79 Å². The van der Waals surface area contributed by atoms with E-state index < -0.39 is 0 Å². The van der Waals surface area contributed by atoms with Crippen LogP contribution in [0.5, 0.6) is 0 Å². The van der Waals surface area contributed by atoms with Crippen molar-refractivity contribution in [1.29, 1.82) is 0 Å². The number of piperidine rings is 1. The minimum atomic E-state index is 0. The zero-order chi connectivity index (χ0) is 13.1. The van der Waals surface area contributed by atoms with Crippen molar-refractivity contribution in [3.05, 3.63) is 12.2 Å². The smallest absolute Gasteiger partial charge is 0.226 e. The van der Waals surface area contributed by atoms with Gasteiger partial charge in [-0.25, -0.2) is 0 Å². The summed E-state index contributed by atoms with van der Waals surface area (Å²) in [4.78, 5) is 14.6. The second-order valence-electron chi connectivity index (χ2n) is 6.40. The van der Waals surface area contributed by atoms with Crippen molar-refractivity contribution in [3.63, 3.8) is 0 Å². The third-order valence-corrected chi connectivity index (χ3v) is 5.23. The van der Waals surface area contributed by atoms with Gasteiger partial charge in [-0.15, -0.1) is 12.4 Å². The van der Waals surface area contributed by atoms with Gasteiger partial charge in [-0.3, -0.25) is 4.79 Å². The lowest BCUT2D eigenvalue weighted by molar-refractivity contribution is -0.137. The zero-order valence-corrected chi connectivity index (χ0v) is 13.0. The van der Waals surface area contributed by atoms with Crippen molar-refractivity contribution in [2.45, 2.75) is 38.5 Å². The summed E-state index contributed by atoms with van der Waals surface area (Å²) < 4.78 is 0. The van der Waals surface area contributed by atoms with E-state index >= 15 is 0 Å². The molecular formula is C16H27ClN2O. The largest absolute Gasteiger partial charge is 0.342 e. The van der Waals surface area contributed by atoms with Crippen LogP contribution in [0.4, 0.5) is 0 Å². The van der Waals surface area contributed by atoms with Gasteiger partial charge in [0.1, 0.15) is 0 Å². The quantitative estimate of drug-likeness (QED) is 0.795. The van der Waals surface area contributed by atoms with E-state index in [1.54, 1.807) is 0 Å². The van der Waals surface area contributed by atoms with Gasteiger partial charge in [0.05, 0.1) is 0 Å². The molecular weight excluding hydrogens is 272 g/mol. The first-order valence-electron chi connectivity index (χ1n) is 7.99. The van der Waals surface area contributed by atoms with Crippen LogP contribution in [-0.4, -0.2) is 37.0 Å². The number of halogens is 1. The summed E-state index contributed by atoms with van der Waals surface area (Å²) in [6, 6.07) is 0. The first-order valence-corrected chi connectivity index (χ1v) is 7.99. The summed E-state index contributed by atoms with van der Waals surface area (Å²) in [5.41, 5.74) is 0. The molecule has 2 atom stereocenters. The molecule has 0 aromatic heterocycles. The molecule has 4 heteroatoms. The molecule has 2 unspecified atom stereocenters. The van der Waals surface area contributed by atoms with Gasteiger partial charge in [0, 0.05) is 19.0 Å². The van der Waals surface area contributed by atoms with Crippen LogP contribution < -0.4 is 5.32 Å². The molecule has 2 saturated heterocycles. The van der Waals surface area contributed by atoms with E-state index in [2.05, 4.69) is 22.4 Å². The lowest BCUT2D eigenvalue weighted by atomic mass is 9.83. The molecule has 2 fully saturated rings. The minimum Gasteiger partial charge on any atom is -0.342 e. The van der Waals surface area contributed by atoms with Gasteiger partial charge in [0.2, 0.25) is 5.91 Å². The van der Waals surface area contributed by atoms with E-state index in [1.807, 2.05) is 0 Å². The second kappa shape index (κ2) is 7.46. The Labute approximate surface area is 128 Å². The van der Waals surface area contributed by atoms with Crippen molar-refractivity contribution in [3.8, 4) is 0 Å². The zero-order valence-electron chi connectivity index (χ0n) is 12.2. The number of likely N-dealkylation sites (tertiary alicyclic amines) is 1. The molecule has 20 heavy (non-hydrogen) atoms. The minimum absolute atomic E-state index is 0. The molecule has 0 aromatic carbocycles. The Hall–Kier alpha value is -0.540. The normalized spacial score (nSPS) is 31.1. The maximum atomic E-state index is 12.5. The van der Waals surface area contributed by atoms with Gasteiger partial charge in [-0.2, -0.15) is 0 Å². The number of carbonyl (C=O) groups is 1. The maximum Gasteiger partial charge on any atom is 0.226 e. The topological polar surface area (TPSA) is 32.3 Å². The first-order chi connectivity index (χ1) is 9.34. The van der Waals surface area contributed by atoms with E-state index in [-0.39, 0.29) is 18.3 Å². The summed E-state index contributed by atoms with van der Waals surface area (Å²) in [5.74, 6) is 2.42. The van der Waals surface area contributed by atoms with Crippen LogP contribution in [0.2, 0.25) is 0 Å². The molecule has 1 amide bonds. The Balaban J connectivity index is 0.00000147. The van der Waals surface area contributed by atoms with Crippen molar-refractivity contribution in [2.75, 3.05) is 26.2 Å². The number of carbonyl (C=O) groups excluding carboxylic acids is 1. The van der Waals surface area contributed by atoms with Gasteiger partial charge in [0.25, 0.3) is 0 Å². The van der Waals surface area contributed by atoms with Gasteiger partial charge in [-0.05, 0) is 63.5 Å². The molecule has 0 spiro atoms. The molecule has 0 saturated carbocycles. The van der Waals surface area contributed by atoms with Crippen LogP contribution in [0.1, 0.15) is 38.5 Å². The van der Waals surface area contributed by atoms with Gasteiger partial charge in [0.15, 0.2) is 0 Å². The maximum absolute atomic E-state index is 12.5. The van der Waals surface area contributed by atoms with E-state index in [4.69, 9.17) is 0 Å². The number of hydrogen-bond donors (Lipinski definition) is 1. The van der Waals surface area contributed by atoms with E-state index in [9.17, 15) is 4.79 Å². The Morgan fingerprint density at radius 2 is 1.85 bits per heavy atom. The lowest BCUT2D eigenvalue weighted by Crippen LogP contribution is -2.43. The van der Waals surface area contributed by atoms with Crippen LogP contribution in [0.25, 0.3) is 0 Å². The molecule has 2 heterocycles. The monoisotopic (exact) mass is 298 g/mol. The average Bonchev–Trinajstić information content (AvgIpc) is 3.02. The van der Waals surface area contributed by atoms with Crippen LogP contribution >= 0.6 is 12.4 Å². The molecule has 3 aliphatic rings. The molecule has 114 valence electrons. The highest BCUT2D eigenvalue weighted by molar-refractivity contribution is 5.85. The number of hydrogen-bond acceptors (Lipinski definition) is 2. The van der Waals surface area contributed by atoms with Gasteiger partial charge in [-0.1, -0.05) is 12.2 Å². The van der Waals surface area contributed by atoms with Crippen LogP contribution in [0.15, 0.2) is 12.2 Å². The molecule has 1 aliphatic carbocycles. The highest BCUT2D eigenvalue weighted by Crippen LogP contribution is 2.30.